The van der Waals surface area contributed by atoms with Crippen LogP contribution in [0.5, 0.6) is 0 Å². The molecule has 2 aromatic carbocycles. The Morgan fingerprint density at radius 2 is 1.27 bits per heavy atom. The van der Waals surface area contributed by atoms with Crippen molar-refractivity contribution in [2.45, 2.75) is 90.4 Å². The molecule has 2 N–H and O–H groups in total. The van der Waals surface area contributed by atoms with Crippen molar-refractivity contribution in [2.24, 2.45) is 11.8 Å². The number of hydrogen-bond acceptors (Lipinski definition) is 9. The maximum Gasteiger partial charge on any atom is 0.408 e. The average Bonchev–Trinajstić information content (AvgIpc) is 3.42. The molecule has 0 bridgehead atoms. The van der Waals surface area contributed by atoms with Gasteiger partial charge in [0.25, 0.3) is 6.29 Å². The minimum Gasteiger partial charge on any atom is -0.462 e. The summed E-state index contributed by atoms with van der Waals surface area (Å²) in [5, 5.41) is 5.29. The quantitative estimate of drug-likeness (QED) is 0.174. The lowest BCUT2D eigenvalue weighted by Crippen LogP contribution is -2.48. The van der Waals surface area contributed by atoms with Crippen molar-refractivity contribution < 1.29 is 42.9 Å². The highest BCUT2D eigenvalue weighted by Gasteiger charge is 2.42. The molecular weight excluding hydrogens is 616 g/mol. The maximum atomic E-state index is 13.6. The summed E-state index contributed by atoms with van der Waals surface area (Å²) < 4.78 is 28.2. The fourth-order valence-corrected chi connectivity index (χ4v) is 5.42. The summed E-state index contributed by atoms with van der Waals surface area (Å²) in [4.78, 5) is 52.3. The Bertz CT molecular complexity index is 1480. The molecule has 4 rings (SSSR count). The molecule has 2 aromatic rings. The van der Waals surface area contributed by atoms with E-state index in [1.165, 1.54) is 6.26 Å². The molecule has 0 saturated heterocycles. The van der Waals surface area contributed by atoms with Gasteiger partial charge in [0.1, 0.15) is 29.9 Å². The zero-order valence-electron chi connectivity index (χ0n) is 28.4. The maximum absolute atomic E-state index is 13.6. The Kier molecular flexibility index (Phi) is 11.9. The van der Waals surface area contributed by atoms with E-state index in [1.54, 1.807) is 41.5 Å². The lowest BCUT2D eigenvalue weighted by molar-refractivity contribution is -0.183. The van der Waals surface area contributed by atoms with Crippen molar-refractivity contribution in [2.75, 3.05) is 6.61 Å². The van der Waals surface area contributed by atoms with Gasteiger partial charge in [0.05, 0.1) is 12.2 Å². The predicted octanol–water partition coefficient (Wildman–Crippen LogP) is 5.78. The molecule has 1 heterocycles. The Balaban J connectivity index is 1.44. The Labute approximate surface area is 282 Å². The van der Waals surface area contributed by atoms with Crippen molar-refractivity contribution >= 4 is 24.1 Å². The van der Waals surface area contributed by atoms with Gasteiger partial charge in [-0.1, -0.05) is 66.7 Å². The predicted molar refractivity (Wildman–Crippen MR) is 177 cm³/mol. The molecule has 48 heavy (non-hydrogen) atoms. The second kappa shape index (κ2) is 15.9. The molecule has 11 heteroatoms. The lowest BCUT2D eigenvalue weighted by Gasteiger charge is -2.33. The molecule has 258 valence electrons. The first kappa shape index (κ1) is 36.0. The average molecular weight is 663 g/mol. The molecule has 1 aliphatic carbocycles. The number of benzene rings is 2. The van der Waals surface area contributed by atoms with Crippen molar-refractivity contribution in [1.29, 1.82) is 0 Å². The Hall–Kier alpha value is -4.80. The smallest absolute Gasteiger partial charge is 0.408 e. The summed E-state index contributed by atoms with van der Waals surface area (Å²) in [5.41, 5.74) is 0.846. The van der Waals surface area contributed by atoms with E-state index in [1.807, 2.05) is 72.8 Å². The second-order valence-electron chi connectivity index (χ2n) is 13.9. The van der Waals surface area contributed by atoms with Crippen LogP contribution < -0.4 is 10.6 Å². The van der Waals surface area contributed by atoms with E-state index in [2.05, 4.69) is 10.6 Å². The molecule has 0 radical (unpaired) electrons. The summed E-state index contributed by atoms with van der Waals surface area (Å²) in [7, 11) is 0. The van der Waals surface area contributed by atoms with Gasteiger partial charge in [-0.25, -0.2) is 19.2 Å². The highest BCUT2D eigenvalue weighted by molar-refractivity contribution is 5.82. The number of ether oxygens (including phenoxy) is 5. The zero-order chi connectivity index (χ0) is 34.9. The number of esters is 2. The van der Waals surface area contributed by atoms with Gasteiger partial charge in [-0.2, -0.15) is 0 Å². The van der Waals surface area contributed by atoms with Crippen LogP contribution in [0.15, 0.2) is 84.7 Å². The van der Waals surface area contributed by atoms with Gasteiger partial charge in [0.2, 0.25) is 0 Å². The summed E-state index contributed by atoms with van der Waals surface area (Å²) in [6.45, 7) is 10.3. The van der Waals surface area contributed by atoms with E-state index in [9.17, 15) is 19.2 Å². The van der Waals surface area contributed by atoms with Crippen molar-refractivity contribution in [3.8, 4) is 0 Å². The number of carbonyl (C=O) groups excluding carboxylic acids is 4. The van der Waals surface area contributed by atoms with E-state index in [4.69, 9.17) is 23.7 Å². The first-order valence-electron chi connectivity index (χ1n) is 16.1. The minimum atomic E-state index is -1.06. The van der Waals surface area contributed by atoms with Crippen molar-refractivity contribution in [1.82, 2.24) is 10.6 Å². The number of fused-ring (bicyclic) bond motifs is 1. The number of alkyl carbamates (subject to hydrolysis) is 2. The van der Waals surface area contributed by atoms with Crippen LogP contribution in [0.4, 0.5) is 9.59 Å². The SMILES string of the molecule is CC(C)(C)OC(=O)N[C@@H](Cc1ccccc1)C(=O)OCC1=CC[C@@H]2C=CO[C@@H](OC(=O)[C@H](Cc3ccccc3)NC(=O)OC(C)(C)C)[C@H]12. The van der Waals surface area contributed by atoms with Crippen LogP contribution in [0.2, 0.25) is 0 Å². The normalized spacial score (nSPS) is 19.8. The van der Waals surface area contributed by atoms with E-state index in [0.29, 0.717) is 12.0 Å². The first-order valence-corrected chi connectivity index (χ1v) is 16.1. The summed E-state index contributed by atoms with van der Waals surface area (Å²) in [6, 6.07) is 16.5. The van der Waals surface area contributed by atoms with Crippen LogP contribution in [0.1, 0.15) is 59.1 Å². The number of carbonyl (C=O) groups is 4. The van der Waals surface area contributed by atoms with E-state index in [0.717, 1.165) is 11.1 Å². The standard InChI is InChI=1S/C37H46N2O9/c1-36(2,3)47-34(42)38-28(21-24-13-9-7-10-14-24)31(40)45-23-27-18-17-26-19-20-44-33(30(26)27)46-32(41)29(22-25-15-11-8-12-16-25)39-35(43)48-37(4,5)6/h7-16,18-20,26,28-30,33H,17,21-23H2,1-6H3,(H,38,42)(H,39,43)/t26-,28+,29+,30+,33+/m1/s1. The first-order chi connectivity index (χ1) is 22.7. The van der Waals surface area contributed by atoms with Crippen molar-refractivity contribution in [3.63, 3.8) is 0 Å². The molecule has 0 fully saturated rings. The Morgan fingerprint density at radius 3 is 1.77 bits per heavy atom. The third kappa shape index (κ3) is 11.2. The van der Waals surface area contributed by atoms with E-state index >= 15 is 0 Å². The topological polar surface area (TPSA) is 138 Å². The second-order valence-corrected chi connectivity index (χ2v) is 13.9. The summed E-state index contributed by atoms with van der Waals surface area (Å²) in [5.74, 6) is -1.83. The third-order valence-electron chi connectivity index (χ3n) is 7.50. The minimum absolute atomic E-state index is 0.0587. The van der Waals surface area contributed by atoms with E-state index < -0.39 is 59.6 Å². The van der Waals surface area contributed by atoms with Crippen LogP contribution in [0, 0.1) is 11.8 Å². The molecule has 0 unspecified atom stereocenters. The molecule has 0 spiro atoms. The van der Waals surface area contributed by atoms with Crippen LogP contribution >= 0.6 is 0 Å². The van der Waals surface area contributed by atoms with Gasteiger partial charge >= 0.3 is 24.1 Å². The summed E-state index contributed by atoms with van der Waals surface area (Å²) in [6.07, 6.45) is 3.80. The van der Waals surface area contributed by atoms with Gasteiger partial charge in [-0.3, -0.25) is 0 Å². The molecule has 2 amide bonds. The fraction of sp³-hybridized carbons (Fsp3) is 0.459. The largest absolute Gasteiger partial charge is 0.462 e. The van der Waals surface area contributed by atoms with E-state index in [-0.39, 0.29) is 25.4 Å². The monoisotopic (exact) mass is 662 g/mol. The van der Waals surface area contributed by atoms with Crippen LogP contribution in [0.25, 0.3) is 0 Å². The zero-order valence-corrected chi connectivity index (χ0v) is 28.4. The number of amides is 2. The number of allylic oxidation sites excluding steroid dienone is 2. The molecule has 2 aliphatic rings. The van der Waals surface area contributed by atoms with Crippen molar-refractivity contribution in [3.05, 3.63) is 95.8 Å². The highest BCUT2D eigenvalue weighted by atomic mass is 16.7. The third-order valence-corrected chi connectivity index (χ3v) is 7.50. The molecular formula is C37H46N2O9. The molecule has 11 nitrogen and oxygen atoms in total. The highest BCUT2D eigenvalue weighted by Crippen LogP contribution is 2.40. The molecule has 1 aliphatic heterocycles. The van der Waals surface area contributed by atoms with Gasteiger partial charge in [0.15, 0.2) is 0 Å². The van der Waals surface area contributed by atoms with Gasteiger partial charge in [0, 0.05) is 12.8 Å². The van der Waals surface area contributed by atoms with Gasteiger partial charge < -0.3 is 34.3 Å². The number of hydrogen-bond donors (Lipinski definition) is 2. The molecule has 5 atom stereocenters. The molecule has 0 aromatic heterocycles. The number of rotatable bonds is 11. The number of nitrogens with one attached hydrogen (secondary N) is 2. The lowest BCUT2D eigenvalue weighted by atomic mass is 9.89. The fourth-order valence-electron chi connectivity index (χ4n) is 5.42. The molecule has 0 saturated carbocycles. The van der Waals surface area contributed by atoms with Gasteiger partial charge in [-0.15, -0.1) is 0 Å². The summed E-state index contributed by atoms with van der Waals surface area (Å²) >= 11 is 0. The van der Waals surface area contributed by atoms with Crippen LogP contribution in [-0.2, 0) is 46.1 Å². The Morgan fingerprint density at radius 1 is 0.771 bits per heavy atom. The van der Waals surface area contributed by atoms with Crippen LogP contribution in [-0.4, -0.2) is 60.3 Å². The van der Waals surface area contributed by atoms with Gasteiger partial charge in [-0.05, 0) is 76.7 Å². The van der Waals surface area contributed by atoms with Crippen LogP contribution in [0.3, 0.4) is 0 Å².